The van der Waals surface area contributed by atoms with Gasteiger partial charge in [-0.05, 0) is 37.0 Å². The van der Waals surface area contributed by atoms with Crippen molar-refractivity contribution in [3.8, 4) is 16.3 Å². The first-order valence-corrected chi connectivity index (χ1v) is 9.49. The number of carboxylic acids is 1. The number of aromatic nitrogens is 1. The molecule has 1 N–H and O–H groups in total. The Balaban J connectivity index is 1.64. The number of carboxylic acid groups (broad SMARTS) is 1. The van der Waals surface area contributed by atoms with Gasteiger partial charge in [0.15, 0.2) is 0 Å². The van der Waals surface area contributed by atoms with Gasteiger partial charge in [0.05, 0.1) is 12.3 Å². The van der Waals surface area contributed by atoms with Crippen molar-refractivity contribution in [2.75, 3.05) is 6.61 Å². The number of carbonyl (C=O) groups is 1. The third kappa shape index (κ3) is 4.49. The Labute approximate surface area is 157 Å². The summed E-state index contributed by atoms with van der Waals surface area (Å²) < 4.78 is 5.86. The summed E-state index contributed by atoms with van der Waals surface area (Å²) in [6.45, 7) is 2.55. The maximum absolute atomic E-state index is 11.3. The van der Waals surface area contributed by atoms with Gasteiger partial charge in [-0.3, -0.25) is 0 Å². The van der Waals surface area contributed by atoms with E-state index in [9.17, 15) is 9.90 Å². The number of thiazole rings is 1. The van der Waals surface area contributed by atoms with E-state index in [-0.39, 0.29) is 0 Å². The quantitative estimate of drug-likeness (QED) is 0.564. The van der Waals surface area contributed by atoms with Crippen LogP contribution in [0, 0.1) is 0 Å². The predicted molar refractivity (Wildman–Crippen MR) is 104 cm³/mol. The third-order valence-corrected chi connectivity index (χ3v) is 5.16. The highest BCUT2D eigenvalue weighted by Gasteiger charge is 2.17. The number of hydrogen-bond acceptors (Lipinski definition) is 4. The summed E-state index contributed by atoms with van der Waals surface area (Å²) in [6.07, 6.45) is 2.53. The number of aryl methyl sites for hydroxylation is 2. The molecule has 0 atom stereocenters. The SMILES string of the molecule is CCc1nc(-c2cccc(OCCCc3ccccc3)c2)sc1C(=O)O. The first-order valence-electron chi connectivity index (χ1n) is 8.67. The van der Waals surface area contributed by atoms with E-state index in [4.69, 9.17) is 4.74 Å². The number of aromatic carboxylic acids is 1. The molecule has 134 valence electrons. The molecule has 3 aromatic rings. The molecule has 0 spiro atoms. The molecule has 0 aliphatic heterocycles. The molecule has 0 bridgehead atoms. The molecule has 3 rings (SSSR count). The average molecular weight is 367 g/mol. The molecular formula is C21H21NO3S. The highest BCUT2D eigenvalue weighted by atomic mass is 32.1. The zero-order valence-corrected chi connectivity index (χ0v) is 15.5. The Hall–Kier alpha value is -2.66. The van der Waals surface area contributed by atoms with Gasteiger partial charge in [-0.25, -0.2) is 9.78 Å². The topological polar surface area (TPSA) is 59.4 Å². The lowest BCUT2D eigenvalue weighted by atomic mass is 10.1. The fraction of sp³-hybridized carbons (Fsp3) is 0.238. The average Bonchev–Trinajstić information content (AvgIpc) is 3.11. The van der Waals surface area contributed by atoms with Gasteiger partial charge in [-0.1, -0.05) is 49.4 Å². The maximum atomic E-state index is 11.3. The van der Waals surface area contributed by atoms with Crippen molar-refractivity contribution in [1.82, 2.24) is 4.98 Å². The highest BCUT2D eigenvalue weighted by molar-refractivity contribution is 7.17. The van der Waals surface area contributed by atoms with Crippen molar-refractivity contribution in [3.05, 3.63) is 70.7 Å². The lowest BCUT2D eigenvalue weighted by Crippen LogP contribution is -1.99. The van der Waals surface area contributed by atoms with E-state index in [1.54, 1.807) is 0 Å². The molecule has 0 amide bonds. The molecule has 1 aromatic heterocycles. The first kappa shape index (κ1) is 18.1. The summed E-state index contributed by atoms with van der Waals surface area (Å²) in [5, 5.41) is 10.0. The van der Waals surface area contributed by atoms with Crippen LogP contribution in [-0.4, -0.2) is 22.7 Å². The lowest BCUT2D eigenvalue weighted by molar-refractivity contribution is 0.0701. The van der Waals surface area contributed by atoms with Crippen molar-refractivity contribution in [3.63, 3.8) is 0 Å². The zero-order valence-electron chi connectivity index (χ0n) is 14.6. The van der Waals surface area contributed by atoms with Gasteiger partial charge in [0.25, 0.3) is 0 Å². The molecule has 0 saturated heterocycles. The third-order valence-electron chi connectivity index (χ3n) is 4.03. The summed E-state index contributed by atoms with van der Waals surface area (Å²) >= 11 is 1.21. The van der Waals surface area contributed by atoms with Crippen LogP contribution < -0.4 is 4.74 Å². The fourth-order valence-corrected chi connectivity index (χ4v) is 3.70. The number of ether oxygens (including phenoxy) is 1. The predicted octanol–water partition coefficient (Wildman–Crippen LogP) is 5.08. The minimum absolute atomic E-state index is 0.316. The van der Waals surface area contributed by atoms with E-state index in [1.165, 1.54) is 16.9 Å². The molecular weight excluding hydrogens is 346 g/mol. The van der Waals surface area contributed by atoms with Crippen molar-refractivity contribution < 1.29 is 14.6 Å². The van der Waals surface area contributed by atoms with Gasteiger partial charge in [0.1, 0.15) is 15.6 Å². The Morgan fingerprint density at radius 3 is 2.65 bits per heavy atom. The van der Waals surface area contributed by atoms with Crippen LogP contribution in [0.2, 0.25) is 0 Å². The smallest absolute Gasteiger partial charge is 0.347 e. The van der Waals surface area contributed by atoms with E-state index in [1.807, 2.05) is 49.4 Å². The molecule has 1 heterocycles. The summed E-state index contributed by atoms with van der Waals surface area (Å²) in [5.41, 5.74) is 2.82. The fourth-order valence-electron chi connectivity index (χ4n) is 2.71. The Morgan fingerprint density at radius 1 is 1.15 bits per heavy atom. The molecule has 0 fully saturated rings. The first-order chi connectivity index (χ1) is 12.7. The summed E-state index contributed by atoms with van der Waals surface area (Å²) in [5.74, 6) is -0.139. The second kappa shape index (κ2) is 8.63. The van der Waals surface area contributed by atoms with Gasteiger partial charge in [-0.2, -0.15) is 0 Å². The van der Waals surface area contributed by atoms with Crippen LogP contribution in [0.1, 0.15) is 34.3 Å². The molecule has 5 heteroatoms. The Morgan fingerprint density at radius 2 is 1.96 bits per heavy atom. The van der Waals surface area contributed by atoms with Crippen LogP contribution in [0.5, 0.6) is 5.75 Å². The normalized spacial score (nSPS) is 10.7. The van der Waals surface area contributed by atoms with Crippen molar-refractivity contribution in [2.24, 2.45) is 0 Å². The van der Waals surface area contributed by atoms with Gasteiger partial charge in [-0.15, -0.1) is 11.3 Å². The van der Waals surface area contributed by atoms with Crippen LogP contribution in [0.25, 0.3) is 10.6 Å². The summed E-state index contributed by atoms with van der Waals surface area (Å²) in [4.78, 5) is 16.1. The minimum Gasteiger partial charge on any atom is -0.494 e. The Kier molecular flexibility index (Phi) is 6.02. The number of rotatable bonds is 8. The van der Waals surface area contributed by atoms with E-state index < -0.39 is 5.97 Å². The van der Waals surface area contributed by atoms with Gasteiger partial charge < -0.3 is 9.84 Å². The molecule has 0 aliphatic carbocycles. The van der Waals surface area contributed by atoms with Crippen molar-refractivity contribution in [2.45, 2.75) is 26.2 Å². The zero-order chi connectivity index (χ0) is 18.4. The molecule has 2 aromatic carbocycles. The van der Waals surface area contributed by atoms with Crippen LogP contribution in [0.3, 0.4) is 0 Å². The molecule has 4 nitrogen and oxygen atoms in total. The minimum atomic E-state index is -0.918. The summed E-state index contributed by atoms with van der Waals surface area (Å²) in [6, 6.07) is 18.0. The van der Waals surface area contributed by atoms with E-state index >= 15 is 0 Å². The van der Waals surface area contributed by atoms with Crippen molar-refractivity contribution in [1.29, 1.82) is 0 Å². The standard InChI is InChI=1S/C21H21NO3S/c1-2-18-19(21(23)24)26-20(22-18)16-11-6-12-17(14-16)25-13-7-10-15-8-4-3-5-9-15/h3-6,8-9,11-12,14H,2,7,10,13H2,1H3,(H,23,24). The molecule has 26 heavy (non-hydrogen) atoms. The van der Waals surface area contributed by atoms with Gasteiger partial charge in [0.2, 0.25) is 0 Å². The second-order valence-electron chi connectivity index (χ2n) is 5.92. The molecule has 0 unspecified atom stereocenters. The molecule has 0 saturated carbocycles. The summed E-state index contributed by atoms with van der Waals surface area (Å²) in [7, 11) is 0. The number of nitrogens with zero attached hydrogens (tertiary/aromatic N) is 1. The van der Waals surface area contributed by atoms with Gasteiger partial charge >= 0.3 is 5.97 Å². The van der Waals surface area contributed by atoms with Crippen molar-refractivity contribution >= 4 is 17.3 Å². The number of benzene rings is 2. The van der Waals surface area contributed by atoms with Crippen LogP contribution in [0.15, 0.2) is 54.6 Å². The van der Waals surface area contributed by atoms with E-state index in [0.717, 1.165) is 24.2 Å². The second-order valence-corrected chi connectivity index (χ2v) is 6.92. The monoisotopic (exact) mass is 367 g/mol. The van der Waals surface area contributed by atoms with Gasteiger partial charge in [0, 0.05) is 5.56 Å². The molecule has 0 aliphatic rings. The molecule has 0 radical (unpaired) electrons. The van der Waals surface area contributed by atoms with Crippen LogP contribution >= 0.6 is 11.3 Å². The van der Waals surface area contributed by atoms with E-state index in [2.05, 4.69) is 17.1 Å². The lowest BCUT2D eigenvalue weighted by Gasteiger charge is -2.07. The largest absolute Gasteiger partial charge is 0.494 e. The van der Waals surface area contributed by atoms with Crippen LogP contribution in [0.4, 0.5) is 0 Å². The van der Waals surface area contributed by atoms with Crippen LogP contribution in [-0.2, 0) is 12.8 Å². The maximum Gasteiger partial charge on any atom is 0.347 e. The number of hydrogen-bond donors (Lipinski definition) is 1. The Bertz CT molecular complexity index is 874. The highest BCUT2D eigenvalue weighted by Crippen LogP contribution is 2.30. The van der Waals surface area contributed by atoms with E-state index in [0.29, 0.717) is 28.6 Å².